The highest BCUT2D eigenvalue weighted by Gasteiger charge is 2.33. The zero-order chi connectivity index (χ0) is 57.6. The fourth-order valence-corrected chi connectivity index (χ4v) is 11.9. The van der Waals surface area contributed by atoms with Crippen molar-refractivity contribution in [3.05, 3.63) is 245 Å². The molecule has 412 valence electrons. The second-order valence-electron chi connectivity index (χ2n) is 28.0. The third kappa shape index (κ3) is 10.3. The van der Waals surface area contributed by atoms with Crippen molar-refractivity contribution in [1.29, 1.82) is 0 Å². The molecule has 0 fully saturated rings. The van der Waals surface area contributed by atoms with E-state index in [1.807, 2.05) is 6.20 Å². The van der Waals surface area contributed by atoms with Crippen LogP contribution in [0.15, 0.2) is 200 Å². The zero-order valence-electron chi connectivity index (χ0n) is 51.0. The van der Waals surface area contributed by atoms with Crippen LogP contribution in [0.2, 0.25) is 0 Å². The first-order valence-corrected chi connectivity index (χ1v) is 29.2. The Hall–Kier alpha value is -7.89. The first-order chi connectivity index (χ1) is 38.2. The minimum Gasteiger partial charge on any atom is -0.321 e. The molecule has 10 aromatic rings. The SMILES string of the molecule is CC(C)(C)c1cc(N2CN(c3cccc(N(c4ccccc4)c4ccc5c6cc(C(C)(C)c7ccccc7)ccc6n(-c6cc(C(C)(C)c7cc(C(C)(C)C)cc(C(C)(C)C)c7)ccn6)c5c4)c3)c3ccccc32)cc(C(C)(C)C)c1. The number of hydrogen-bond acceptors (Lipinski definition) is 4. The van der Waals surface area contributed by atoms with Crippen molar-refractivity contribution >= 4 is 61.6 Å². The maximum Gasteiger partial charge on any atom is 0.137 e. The number of anilines is 7. The topological polar surface area (TPSA) is 27.5 Å². The first-order valence-electron chi connectivity index (χ1n) is 29.2. The molecule has 11 rings (SSSR count). The van der Waals surface area contributed by atoms with Gasteiger partial charge in [0.25, 0.3) is 0 Å². The monoisotopic (exact) mass is 1070 g/mol. The first kappa shape index (κ1) is 55.0. The van der Waals surface area contributed by atoms with Gasteiger partial charge >= 0.3 is 0 Å². The van der Waals surface area contributed by atoms with Crippen LogP contribution in [0.25, 0.3) is 27.6 Å². The maximum absolute atomic E-state index is 5.29. The molecule has 1 aliphatic heterocycles. The fourth-order valence-electron chi connectivity index (χ4n) is 11.9. The number of para-hydroxylation sites is 3. The summed E-state index contributed by atoms with van der Waals surface area (Å²) >= 11 is 0. The van der Waals surface area contributed by atoms with Crippen LogP contribution in [0.3, 0.4) is 0 Å². The molecule has 0 spiro atoms. The summed E-state index contributed by atoms with van der Waals surface area (Å²) in [5.74, 6) is 0.893. The van der Waals surface area contributed by atoms with Crippen LogP contribution in [-0.4, -0.2) is 16.2 Å². The summed E-state index contributed by atoms with van der Waals surface area (Å²) in [6.45, 7) is 38.0. The molecule has 5 nitrogen and oxygen atoms in total. The predicted molar refractivity (Wildman–Crippen MR) is 347 cm³/mol. The number of fused-ring (bicyclic) bond motifs is 4. The highest BCUT2D eigenvalue weighted by atomic mass is 15.4. The van der Waals surface area contributed by atoms with Crippen LogP contribution < -0.4 is 14.7 Å². The van der Waals surface area contributed by atoms with E-state index in [2.05, 4.69) is 324 Å². The standard InChI is InChI=1S/C76H83N5/c1-71(2,3)54-40-55(72(4,5)6)43-58(42-54)76(15,16)53-38-39-77-70(47-53)81-66-37-34-52(75(13,14)51-26-19-17-20-27-51)46-65(66)64-36-35-62(49-69(64)81)80(59-28-21-18-22-29-59)61-31-25-30-60(48-61)78-50-79(68-33-24-23-32-67(68)78)63-44-56(73(7,8)9)41-57(45-63)74(10,11)12/h17-49H,50H2,1-16H3. The van der Waals surface area contributed by atoms with Crippen molar-refractivity contribution in [3.8, 4) is 5.82 Å². The second-order valence-corrected chi connectivity index (χ2v) is 28.0. The van der Waals surface area contributed by atoms with Gasteiger partial charge in [0, 0.05) is 56.2 Å². The van der Waals surface area contributed by atoms with Crippen LogP contribution in [0.1, 0.15) is 155 Å². The lowest BCUT2D eigenvalue weighted by Crippen LogP contribution is -2.25. The number of hydrogen-bond donors (Lipinski definition) is 0. The highest BCUT2D eigenvalue weighted by Crippen LogP contribution is 2.49. The molecule has 5 heteroatoms. The Bertz CT molecular complexity index is 3900. The smallest absolute Gasteiger partial charge is 0.137 e. The lowest BCUT2D eigenvalue weighted by Gasteiger charge is -2.32. The van der Waals surface area contributed by atoms with Gasteiger partial charge in [0.15, 0.2) is 0 Å². The van der Waals surface area contributed by atoms with Gasteiger partial charge in [-0.1, -0.05) is 214 Å². The molecular weight excluding hydrogens is 983 g/mol. The van der Waals surface area contributed by atoms with Gasteiger partial charge in [0.1, 0.15) is 12.5 Å². The number of benzene rings is 8. The molecule has 0 N–H and O–H groups in total. The van der Waals surface area contributed by atoms with Gasteiger partial charge in [-0.15, -0.1) is 0 Å². The molecular formula is C76H83N5. The number of aromatic nitrogens is 2. The van der Waals surface area contributed by atoms with Crippen LogP contribution in [0, 0.1) is 0 Å². The van der Waals surface area contributed by atoms with Crippen molar-refractivity contribution in [2.75, 3.05) is 21.4 Å². The Labute approximate surface area is 484 Å². The quantitative estimate of drug-likeness (QED) is 0.136. The Kier molecular flexibility index (Phi) is 13.6. The Morgan fingerprint density at radius 2 is 0.827 bits per heavy atom. The van der Waals surface area contributed by atoms with Gasteiger partial charge in [0.05, 0.1) is 22.4 Å². The molecule has 0 saturated heterocycles. The van der Waals surface area contributed by atoms with E-state index >= 15 is 0 Å². The fraction of sp³-hybridized carbons (Fsp3) is 0.303. The van der Waals surface area contributed by atoms with Gasteiger partial charge in [-0.05, 0) is 157 Å². The molecule has 81 heavy (non-hydrogen) atoms. The largest absolute Gasteiger partial charge is 0.321 e. The van der Waals surface area contributed by atoms with E-state index in [1.165, 1.54) is 72.3 Å². The molecule has 0 aliphatic carbocycles. The van der Waals surface area contributed by atoms with Crippen molar-refractivity contribution in [1.82, 2.24) is 9.55 Å². The van der Waals surface area contributed by atoms with Gasteiger partial charge in [0.2, 0.25) is 0 Å². The second kappa shape index (κ2) is 20.0. The van der Waals surface area contributed by atoms with Gasteiger partial charge in [-0.25, -0.2) is 4.98 Å². The van der Waals surface area contributed by atoms with Crippen LogP contribution in [0.4, 0.5) is 39.8 Å². The van der Waals surface area contributed by atoms with E-state index < -0.39 is 0 Å². The lowest BCUT2D eigenvalue weighted by atomic mass is 9.72. The summed E-state index contributed by atoms with van der Waals surface area (Å²) in [5.41, 5.74) is 20.1. The van der Waals surface area contributed by atoms with E-state index in [9.17, 15) is 0 Å². The molecule has 0 unspecified atom stereocenters. The molecule has 0 radical (unpaired) electrons. The Balaban J connectivity index is 1.07. The van der Waals surface area contributed by atoms with Crippen LogP contribution in [-0.2, 0) is 32.5 Å². The van der Waals surface area contributed by atoms with Crippen molar-refractivity contribution in [2.45, 2.75) is 143 Å². The van der Waals surface area contributed by atoms with Gasteiger partial charge in [-0.2, -0.15) is 0 Å². The molecule has 2 aromatic heterocycles. The molecule has 0 atom stereocenters. The average molecular weight is 1070 g/mol. The average Bonchev–Trinajstić information content (AvgIpc) is 4.20. The highest BCUT2D eigenvalue weighted by molar-refractivity contribution is 6.10. The minimum atomic E-state index is -0.330. The molecule has 0 bridgehead atoms. The summed E-state index contributed by atoms with van der Waals surface area (Å²) in [5, 5.41) is 2.38. The van der Waals surface area contributed by atoms with E-state index in [-0.39, 0.29) is 32.5 Å². The lowest BCUT2D eigenvalue weighted by molar-refractivity contribution is 0.557. The zero-order valence-corrected chi connectivity index (χ0v) is 51.0. The molecule has 1 aliphatic rings. The van der Waals surface area contributed by atoms with Crippen molar-refractivity contribution < 1.29 is 0 Å². The Morgan fingerprint density at radius 3 is 1.42 bits per heavy atom. The van der Waals surface area contributed by atoms with Gasteiger partial charge < -0.3 is 14.7 Å². The number of pyridine rings is 1. The van der Waals surface area contributed by atoms with E-state index in [4.69, 9.17) is 4.98 Å². The third-order valence-corrected chi connectivity index (χ3v) is 17.4. The van der Waals surface area contributed by atoms with Crippen molar-refractivity contribution in [3.63, 3.8) is 0 Å². The summed E-state index contributed by atoms with van der Waals surface area (Å²) < 4.78 is 2.41. The summed E-state index contributed by atoms with van der Waals surface area (Å²) in [7, 11) is 0. The minimum absolute atomic E-state index is 0.00286. The normalized spacial score (nSPS) is 13.6. The Morgan fingerprint density at radius 1 is 0.333 bits per heavy atom. The van der Waals surface area contributed by atoms with Crippen LogP contribution in [0.5, 0.6) is 0 Å². The summed E-state index contributed by atoms with van der Waals surface area (Å²) in [4.78, 5) is 12.7. The molecule has 0 saturated carbocycles. The number of nitrogens with zero attached hydrogens (tertiary/aromatic N) is 5. The van der Waals surface area contributed by atoms with Gasteiger partial charge in [-0.3, -0.25) is 4.57 Å². The van der Waals surface area contributed by atoms with E-state index in [0.717, 1.165) is 39.6 Å². The molecule has 0 amide bonds. The van der Waals surface area contributed by atoms with Crippen molar-refractivity contribution in [2.24, 2.45) is 0 Å². The van der Waals surface area contributed by atoms with E-state index in [0.29, 0.717) is 6.67 Å². The summed E-state index contributed by atoms with van der Waals surface area (Å²) in [6, 6.07) is 72.9. The van der Waals surface area contributed by atoms with E-state index in [1.54, 1.807) is 0 Å². The summed E-state index contributed by atoms with van der Waals surface area (Å²) in [6.07, 6.45) is 2.02. The maximum atomic E-state index is 5.29. The predicted octanol–water partition coefficient (Wildman–Crippen LogP) is 20.7. The van der Waals surface area contributed by atoms with Crippen LogP contribution >= 0.6 is 0 Å². The molecule has 3 heterocycles. The molecule has 8 aromatic carbocycles. The third-order valence-electron chi connectivity index (χ3n) is 17.4. The number of rotatable bonds is 10.